The second kappa shape index (κ2) is 7.87. The largest absolute Gasteiger partial charge is 0.355 e. The van der Waals surface area contributed by atoms with E-state index < -0.39 is 0 Å². The predicted molar refractivity (Wildman–Crippen MR) is 80.8 cm³/mol. The summed E-state index contributed by atoms with van der Waals surface area (Å²) >= 11 is 0. The summed E-state index contributed by atoms with van der Waals surface area (Å²) in [7, 11) is 0. The molecule has 110 valence electrons. The molecule has 0 spiro atoms. The molecule has 2 rings (SSSR count). The molecule has 6 heteroatoms. The first-order valence-corrected chi connectivity index (χ1v) is 6.56. The fourth-order valence-electron chi connectivity index (χ4n) is 2.25. The van der Waals surface area contributed by atoms with Crippen LogP contribution >= 0.6 is 12.4 Å². The van der Waals surface area contributed by atoms with Crippen LogP contribution in [0.3, 0.4) is 0 Å². The van der Waals surface area contributed by atoms with Crippen molar-refractivity contribution in [3.05, 3.63) is 29.8 Å². The van der Waals surface area contributed by atoms with Crippen molar-refractivity contribution in [2.24, 2.45) is 11.7 Å². The van der Waals surface area contributed by atoms with Gasteiger partial charge in [-0.15, -0.1) is 12.4 Å². The number of carbonyl (C=O) groups is 2. The maximum absolute atomic E-state index is 11.9. The Bertz CT molecular complexity index is 479. The van der Waals surface area contributed by atoms with Crippen molar-refractivity contribution >= 4 is 29.9 Å². The Morgan fingerprint density at radius 1 is 1.40 bits per heavy atom. The molecule has 0 saturated carbocycles. The third-order valence-electron chi connectivity index (χ3n) is 3.30. The van der Waals surface area contributed by atoms with Crippen LogP contribution < -0.4 is 16.4 Å². The highest BCUT2D eigenvalue weighted by molar-refractivity contribution is 5.96. The second-order valence-corrected chi connectivity index (χ2v) is 4.72. The van der Waals surface area contributed by atoms with Gasteiger partial charge in [-0.1, -0.05) is 18.2 Å². The maximum atomic E-state index is 11.9. The van der Waals surface area contributed by atoms with Crippen LogP contribution in [0.4, 0.5) is 5.69 Å². The standard InChI is InChI=1S/C14H19N3O2.ClH/c15-7-8-16-13(18)6-5-11-9-10-3-1-2-4-12(10)17-14(11)19;/h1-4,11H,5-9,15H2,(H,16,18)(H,17,19);1H. The van der Waals surface area contributed by atoms with Crippen LogP contribution in [0.5, 0.6) is 0 Å². The van der Waals surface area contributed by atoms with Crippen molar-refractivity contribution in [2.75, 3.05) is 18.4 Å². The average Bonchev–Trinajstić information content (AvgIpc) is 2.42. The number of carbonyl (C=O) groups excluding carboxylic acids is 2. The summed E-state index contributed by atoms with van der Waals surface area (Å²) in [4.78, 5) is 23.4. The van der Waals surface area contributed by atoms with Crippen molar-refractivity contribution in [1.82, 2.24) is 5.32 Å². The van der Waals surface area contributed by atoms with E-state index in [1.807, 2.05) is 24.3 Å². The van der Waals surface area contributed by atoms with E-state index in [1.54, 1.807) is 0 Å². The second-order valence-electron chi connectivity index (χ2n) is 4.72. The van der Waals surface area contributed by atoms with Crippen LogP contribution in [0.15, 0.2) is 24.3 Å². The summed E-state index contributed by atoms with van der Waals surface area (Å²) in [6.07, 6.45) is 1.63. The lowest BCUT2D eigenvalue weighted by atomic mass is 9.89. The van der Waals surface area contributed by atoms with E-state index in [0.717, 1.165) is 11.3 Å². The fraction of sp³-hybridized carbons (Fsp3) is 0.429. The molecule has 20 heavy (non-hydrogen) atoms. The lowest BCUT2D eigenvalue weighted by Gasteiger charge is -2.24. The minimum atomic E-state index is -0.126. The molecule has 1 heterocycles. The van der Waals surface area contributed by atoms with E-state index in [4.69, 9.17) is 5.73 Å². The molecule has 1 aromatic carbocycles. The molecule has 2 amide bonds. The van der Waals surface area contributed by atoms with E-state index in [1.165, 1.54) is 0 Å². The zero-order chi connectivity index (χ0) is 13.7. The highest BCUT2D eigenvalue weighted by Crippen LogP contribution is 2.27. The summed E-state index contributed by atoms with van der Waals surface area (Å²) in [5, 5.41) is 5.60. The molecule has 5 nitrogen and oxygen atoms in total. The van der Waals surface area contributed by atoms with Crippen LogP contribution in [0.25, 0.3) is 0 Å². The van der Waals surface area contributed by atoms with E-state index in [2.05, 4.69) is 10.6 Å². The smallest absolute Gasteiger partial charge is 0.227 e. The van der Waals surface area contributed by atoms with Gasteiger partial charge in [0.25, 0.3) is 0 Å². The quantitative estimate of drug-likeness (QED) is 0.760. The van der Waals surface area contributed by atoms with Gasteiger partial charge in [0.1, 0.15) is 0 Å². The molecule has 0 saturated heterocycles. The Morgan fingerprint density at radius 2 is 2.15 bits per heavy atom. The molecule has 0 aromatic heterocycles. The first-order valence-electron chi connectivity index (χ1n) is 6.56. The molecule has 1 unspecified atom stereocenters. The molecule has 1 aromatic rings. The average molecular weight is 298 g/mol. The number of halogens is 1. The number of para-hydroxylation sites is 1. The van der Waals surface area contributed by atoms with Gasteiger partial charge in [-0.2, -0.15) is 0 Å². The molecular weight excluding hydrogens is 278 g/mol. The number of fused-ring (bicyclic) bond motifs is 1. The van der Waals surface area contributed by atoms with Crippen LogP contribution in [-0.4, -0.2) is 24.9 Å². The third kappa shape index (κ3) is 4.21. The van der Waals surface area contributed by atoms with Gasteiger partial charge in [0.15, 0.2) is 0 Å². The Labute approximate surface area is 124 Å². The van der Waals surface area contributed by atoms with Gasteiger partial charge in [0.2, 0.25) is 11.8 Å². The molecule has 0 bridgehead atoms. The minimum absolute atomic E-state index is 0. The number of hydrogen-bond donors (Lipinski definition) is 3. The van der Waals surface area contributed by atoms with Crippen molar-refractivity contribution in [1.29, 1.82) is 0 Å². The number of amides is 2. The zero-order valence-corrected chi connectivity index (χ0v) is 12.0. The van der Waals surface area contributed by atoms with Gasteiger partial charge in [-0.25, -0.2) is 0 Å². The highest BCUT2D eigenvalue weighted by Gasteiger charge is 2.25. The lowest BCUT2D eigenvalue weighted by molar-refractivity contribution is -0.122. The Morgan fingerprint density at radius 3 is 2.90 bits per heavy atom. The number of rotatable bonds is 5. The molecule has 1 aliphatic heterocycles. The van der Waals surface area contributed by atoms with Crippen LogP contribution in [0.2, 0.25) is 0 Å². The van der Waals surface area contributed by atoms with Crippen LogP contribution in [0, 0.1) is 5.92 Å². The van der Waals surface area contributed by atoms with Crippen molar-refractivity contribution < 1.29 is 9.59 Å². The summed E-state index contributed by atoms with van der Waals surface area (Å²) in [5.74, 6) is -0.166. The normalized spacial score (nSPS) is 16.6. The van der Waals surface area contributed by atoms with Gasteiger partial charge < -0.3 is 16.4 Å². The molecule has 1 atom stereocenters. The first-order chi connectivity index (χ1) is 9.20. The first kappa shape index (κ1) is 16.5. The zero-order valence-electron chi connectivity index (χ0n) is 11.2. The van der Waals surface area contributed by atoms with Crippen molar-refractivity contribution in [3.8, 4) is 0 Å². The summed E-state index contributed by atoms with van der Waals surface area (Å²) in [6, 6.07) is 7.77. The van der Waals surface area contributed by atoms with Crippen molar-refractivity contribution in [3.63, 3.8) is 0 Å². The topological polar surface area (TPSA) is 84.2 Å². The van der Waals surface area contributed by atoms with Crippen LogP contribution in [-0.2, 0) is 16.0 Å². The molecule has 0 aliphatic carbocycles. The predicted octanol–water partition coefficient (Wildman–Crippen LogP) is 1.07. The molecule has 0 radical (unpaired) electrons. The Balaban J connectivity index is 0.00000200. The van der Waals surface area contributed by atoms with Crippen molar-refractivity contribution in [2.45, 2.75) is 19.3 Å². The molecule has 4 N–H and O–H groups in total. The number of anilines is 1. The van der Waals surface area contributed by atoms with Crippen LogP contribution in [0.1, 0.15) is 18.4 Å². The van der Waals surface area contributed by atoms with Gasteiger partial charge in [-0.3, -0.25) is 9.59 Å². The number of hydrogen-bond acceptors (Lipinski definition) is 3. The van der Waals surface area contributed by atoms with E-state index in [-0.39, 0.29) is 30.1 Å². The third-order valence-corrected chi connectivity index (χ3v) is 3.30. The molecule has 1 aliphatic rings. The SMILES string of the molecule is Cl.NCCNC(=O)CCC1Cc2ccccc2NC1=O. The summed E-state index contributed by atoms with van der Waals surface area (Å²) in [6.45, 7) is 0.918. The highest BCUT2D eigenvalue weighted by atomic mass is 35.5. The lowest BCUT2D eigenvalue weighted by Crippen LogP contribution is -2.33. The number of nitrogens with one attached hydrogen (secondary N) is 2. The summed E-state index contributed by atoms with van der Waals surface area (Å²) < 4.78 is 0. The van der Waals surface area contributed by atoms with Gasteiger partial charge in [0.05, 0.1) is 0 Å². The van der Waals surface area contributed by atoms with E-state index in [9.17, 15) is 9.59 Å². The van der Waals surface area contributed by atoms with Gasteiger partial charge >= 0.3 is 0 Å². The number of benzene rings is 1. The monoisotopic (exact) mass is 297 g/mol. The summed E-state index contributed by atoms with van der Waals surface area (Å²) in [5.41, 5.74) is 7.33. The Hall–Kier alpha value is -1.59. The Kier molecular flexibility index (Phi) is 6.48. The maximum Gasteiger partial charge on any atom is 0.227 e. The fourth-order valence-corrected chi connectivity index (χ4v) is 2.25. The van der Waals surface area contributed by atoms with Gasteiger partial charge in [0, 0.05) is 31.1 Å². The molecule has 0 fully saturated rings. The van der Waals surface area contributed by atoms with Gasteiger partial charge in [-0.05, 0) is 24.5 Å². The van der Waals surface area contributed by atoms with E-state index in [0.29, 0.717) is 32.4 Å². The number of nitrogens with two attached hydrogens (primary N) is 1. The molecular formula is C14H20ClN3O2. The minimum Gasteiger partial charge on any atom is -0.355 e. The van der Waals surface area contributed by atoms with E-state index >= 15 is 0 Å².